The lowest BCUT2D eigenvalue weighted by atomic mass is 9.70. The second kappa shape index (κ2) is 17.3. The fourth-order valence-electron chi connectivity index (χ4n) is 10.3. The molecule has 0 fully saturated rings. The van der Waals surface area contributed by atoms with E-state index in [4.69, 9.17) is 0 Å². The van der Waals surface area contributed by atoms with Crippen LogP contribution < -0.4 is 9.13 Å². The van der Waals surface area contributed by atoms with E-state index in [2.05, 4.69) is 226 Å². The van der Waals surface area contributed by atoms with Crippen LogP contribution in [0.2, 0.25) is 0 Å². The Bertz CT molecular complexity index is 2760. The summed E-state index contributed by atoms with van der Waals surface area (Å²) < 4.78 is 5.25. The van der Waals surface area contributed by atoms with Gasteiger partial charge in [0, 0.05) is 41.3 Å². The van der Waals surface area contributed by atoms with Crippen LogP contribution in [0.25, 0.3) is 67.0 Å². The Morgan fingerprint density at radius 3 is 1.77 bits per heavy atom. The molecule has 0 amide bonds. The zero-order valence-corrected chi connectivity index (χ0v) is 36.5. The molecule has 0 N–H and O–H groups in total. The van der Waals surface area contributed by atoms with Gasteiger partial charge in [-0.15, -0.1) is 0 Å². The molecule has 0 aliphatic carbocycles. The molecule has 1 aliphatic rings. The number of aryl methyl sites for hydroxylation is 3. The normalized spacial score (nSPS) is 15.6. The lowest BCUT2D eigenvalue weighted by molar-refractivity contribution is -0.828. The van der Waals surface area contributed by atoms with Gasteiger partial charge >= 0.3 is 0 Å². The topological polar surface area (TPSA) is 7.76 Å². The minimum atomic E-state index is -0.151. The summed E-state index contributed by atoms with van der Waals surface area (Å²) in [6.07, 6.45) is 10.4. The molecule has 302 valence electrons. The second-order valence-corrected chi connectivity index (χ2v) is 17.2. The summed E-state index contributed by atoms with van der Waals surface area (Å²) in [6.45, 7) is 12.5. The van der Waals surface area contributed by atoms with Gasteiger partial charge in [0.1, 0.15) is 0 Å². The third kappa shape index (κ3) is 7.65. The largest absolute Gasteiger partial charge is 0.232 e. The van der Waals surface area contributed by atoms with Crippen molar-refractivity contribution in [3.8, 4) is 67.0 Å². The van der Waals surface area contributed by atoms with Crippen molar-refractivity contribution in [3.05, 3.63) is 205 Å². The van der Waals surface area contributed by atoms with E-state index in [1.165, 1.54) is 102 Å². The van der Waals surface area contributed by atoms with E-state index in [1.807, 2.05) is 0 Å². The molecule has 2 nitrogen and oxygen atoms in total. The average molecular weight is 795 g/mol. The molecule has 2 heteroatoms. The Hall–Kier alpha value is -6.38. The number of hydrogen-bond donors (Lipinski definition) is 0. The molecule has 8 aromatic rings. The molecule has 2 atom stereocenters. The molecule has 61 heavy (non-hydrogen) atoms. The summed E-state index contributed by atoms with van der Waals surface area (Å²) in [7, 11) is 0. The zero-order valence-electron chi connectivity index (χ0n) is 36.5. The highest BCUT2D eigenvalue weighted by Gasteiger charge is 2.55. The number of aromatic nitrogens is 2. The summed E-state index contributed by atoms with van der Waals surface area (Å²) in [5, 5.41) is 0. The Balaban J connectivity index is 1.13. The summed E-state index contributed by atoms with van der Waals surface area (Å²) in [5.74, 6) is 0.367. The summed E-state index contributed by atoms with van der Waals surface area (Å²) in [6, 6.07) is 63.3. The average Bonchev–Trinajstić information content (AvgIpc) is 3.31. The zero-order chi connectivity index (χ0) is 41.9. The van der Waals surface area contributed by atoms with Gasteiger partial charge < -0.3 is 0 Å². The highest BCUT2D eigenvalue weighted by atomic mass is 15.1. The molecular formula is C59H58N2+2. The van der Waals surface area contributed by atoms with Crippen molar-refractivity contribution in [2.45, 2.75) is 84.7 Å². The second-order valence-electron chi connectivity index (χ2n) is 17.2. The van der Waals surface area contributed by atoms with Gasteiger partial charge in [-0.2, -0.15) is 9.13 Å². The minimum absolute atomic E-state index is 0.151. The molecule has 1 aliphatic heterocycles. The Kier molecular flexibility index (Phi) is 11.4. The number of hydrogen-bond acceptors (Lipinski definition) is 0. The molecule has 0 saturated heterocycles. The lowest BCUT2D eigenvalue weighted by Crippen LogP contribution is -2.68. The molecule has 0 radical (unpaired) electrons. The van der Waals surface area contributed by atoms with Crippen LogP contribution in [-0.2, 0) is 18.5 Å². The Morgan fingerprint density at radius 2 is 1.10 bits per heavy atom. The van der Waals surface area contributed by atoms with E-state index >= 15 is 0 Å². The van der Waals surface area contributed by atoms with Crippen molar-refractivity contribution in [3.63, 3.8) is 0 Å². The Morgan fingerprint density at radius 1 is 0.492 bits per heavy atom. The third-order valence-corrected chi connectivity index (χ3v) is 13.5. The van der Waals surface area contributed by atoms with E-state index in [0.29, 0.717) is 5.92 Å². The summed E-state index contributed by atoms with van der Waals surface area (Å²) in [4.78, 5) is 0. The fraction of sp³-hybridized carbons (Fsp3) is 0.220. The number of fused-ring (bicyclic) bond motifs is 3. The van der Waals surface area contributed by atoms with Crippen molar-refractivity contribution < 1.29 is 9.13 Å². The molecule has 2 unspecified atom stereocenters. The lowest BCUT2D eigenvalue weighted by Gasteiger charge is -2.38. The van der Waals surface area contributed by atoms with Crippen LogP contribution in [-0.4, -0.2) is 0 Å². The summed E-state index contributed by atoms with van der Waals surface area (Å²) >= 11 is 0. The van der Waals surface area contributed by atoms with Crippen molar-refractivity contribution in [1.82, 2.24) is 0 Å². The van der Waals surface area contributed by atoms with Crippen molar-refractivity contribution in [1.29, 1.82) is 0 Å². The quantitative estimate of drug-likeness (QED) is 0.109. The first-order chi connectivity index (χ1) is 29.9. The van der Waals surface area contributed by atoms with Crippen LogP contribution in [0.15, 0.2) is 182 Å². The van der Waals surface area contributed by atoms with Gasteiger partial charge in [0.05, 0.1) is 5.92 Å². The molecule has 2 aromatic heterocycles. The SMILES string of the molecule is CCCCc1cc[n+]2c(c1)-c1ccccc1C(CC)C2(CC)C[n+]1cccc(C)c1-c1cc(-c2cccc(-c3cc(-c4ccccc4)cc(-c4ccccc4)c3)c2)ccc1C. The smallest absolute Gasteiger partial charge is 0.191 e. The van der Waals surface area contributed by atoms with E-state index in [1.54, 1.807) is 0 Å². The van der Waals surface area contributed by atoms with Crippen LogP contribution in [0.3, 0.4) is 0 Å². The van der Waals surface area contributed by atoms with Crippen LogP contribution >= 0.6 is 0 Å². The third-order valence-electron chi connectivity index (χ3n) is 13.5. The van der Waals surface area contributed by atoms with Crippen molar-refractivity contribution in [2.24, 2.45) is 0 Å². The van der Waals surface area contributed by atoms with Gasteiger partial charge in [-0.1, -0.05) is 136 Å². The number of nitrogens with zero attached hydrogens (tertiary/aromatic N) is 2. The van der Waals surface area contributed by atoms with Crippen LogP contribution in [0.4, 0.5) is 0 Å². The number of unbranched alkanes of at least 4 members (excludes halogenated alkanes) is 1. The predicted octanol–water partition coefficient (Wildman–Crippen LogP) is 14.5. The van der Waals surface area contributed by atoms with E-state index in [9.17, 15) is 0 Å². The first kappa shape index (κ1) is 40.0. The highest BCUT2D eigenvalue weighted by molar-refractivity contribution is 5.83. The van der Waals surface area contributed by atoms with E-state index in [0.717, 1.165) is 25.8 Å². The van der Waals surface area contributed by atoms with Crippen LogP contribution in [0.5, 0.6) is 0 Å². The molecule has 3 heterocycles. The number of benzene rings is 6. The molecule has 0 bridgehead atoms. The molecule has 6 aromatic carbocycles. The van der Waals surface area contributed by atoms with Gasteiger partial charge in [-0.3, -0.25) is 0 Å². The molecule has 0 spiro atoms. The first-order valence-corrected chi connectivity index (χ1v) is 22.5. The maximum absolute atomic E-state index is 2.67. The van der Waals surface area contributed by atoms with Crippen LogP contribution in [0.1, 0.15) is 74.6 Å². The first-order valence-electron chi connectivity index (χ1n) is 22.5. The fourth-order valence-corrected chi connectivity index (χ4v) is 10.3. The minimum Gasteiger partial charge on any atom is -0.191 e. The van der Waals surface area contributed by atoms with Gasteiger partial charge in [-0.25, -0.2) is 0 Å². The van der Waals surface area contributed by atoms with Crippen LogP contribution in [0, 0.1) is 13.8 Å². The van der Waals surface area contributed by atoms with Gasteiger partial charge in [0.2, 0.25) is 23.5 Å². The van der Waals surface area contributed by atoms with Crippen molar-refractivity contribution in [2.75, 3.05) is 0 Å². The molecule has 9 rings (SSSR count). The summed E-state index contributed by atoms with van der Waals surface area (Å²) in [5.41, 5.74) is 20.4. The Labute approximate surface area is 363 Å². The monoisotopic (exact) mass is 794 g/mol. The standard InChI is InChI=1S/C59H58N2/c1-6-9-21-44-32-34-61-57(35-44)54-29-17-16-28-53(54)56(7-2)59(61,8-3)41-60-33-19-20-43(5)58(60)55-40-49(31-30-42(55)4)47-26-18-27-48(36-47)52-38-50(45-22-12-10-13-23-45)37-51(39-52)46-24-14-11-15-25-46/h10-20,22-40,56H,6-9,21,41H2,1-5H3/q+2. The maximum atomic E-state index is 2.67. The van der Waals surface area contributed by atoms with E-state index < -0.39 is 0 Å². The predicted molar refractivity (Wildman–Crippen MR) is 255 cm³/mol. The number of pyridine rings is 2. The highest BCUT2D eigenvalue weighted by Crippen LogP contribution is 2.46. The number of rotatable bonds is 12. The van der Waals surface area contributed by atoms with E-state index in [-0.39, 0.29) is 5.54 Å². The maximum Gasteiger partial charge on any atom is 0.232 e. The van der Waals surface area contributed by atoms with Gasteiger partial charge in [-0.05, 0) is 137 Å². The van der Waals surface area contributed by atoms with Gasteiger partial charge in [0.15, 0.2) is 12.4 Å². The van der Waals surface area contributed by atoms with Gasteiger partial charge in [0.25, 0.3) is 0 Å². The molecule has 0 saturated carbocycles. The molecular weight excluding hydrogens is 737 g/mol. The van der Waals surface area contributed by atoms with Crippen molar-refractivity contribution >= 4 is 0 Å².